The molecule has 1 atom stereocenters. The van der Waals surface area contributed by atoms with Gasteiger partial charge in [0.1, 0.15) is 5.82 Å². The highest BCUT2D eigenvalue weighted by molar-refractivity contribution is 9.11. The zero-order valence-electron chi connectivity index (χ0n) is 8.70. The number of halogens is 2. The highest BCUT2D eigenvalue weighted by Gasteiger charge is 2.30. The lowest BCUT2D eigenvalue weighted by molar-refractivity contribution is -0.117. The number of amides is 1. The Labute approximate surface area is 110 Å². The molecule has 1 aliphatic rings. The van der Waals surface area contributed by atoms with E-state index in [1.54, 1.807) is 4.90 Å². The maximum absolute atomic E-state index is 11.7. The molecule has 2 rings (SSSR count). The van der Waals surface area contributed by atoms with Crippen molar-refractivity contribution in [3.63, 3.8) is 0 Å². The smallest absolute Gasteiger partial charge is 0.229 e. The van der Waals surface area contributed by atoms with Crippen molar-refractivity contribution in [1.29, 1.82) is 0 Å². The summed E-state index contributed by atoms with van der Waals surface area (Å²) in [6, 6.07) is 1.81. The van der Waals surface area contributed by atoms with E-state index in [2.05, 4.69) is 36.8 Å². The Morgan fingerprint density at radius 2 is 2.19 bits per heavy atom. The minimum Gasteiger partial charge on any atom is -0.326 e. The lowest BCUT2D eigenvalue weighted by Crippen LogP contribution is -2.29. The average molecular weight is 349 g/mol. The van der Waals surface area contributed by atoms with Crippen molar-refractivity contribution in [2.24, 2.45) is 5.73 Å². The molecule has 4 nitrogen and oxygen atoms in total. The van der Waals surface area contributed by atoms with Crippen LogP contribution >= 0.6 is 31.9 Å². The van der Waals surface area contributed by atoms with Gasteiger partial charge in [0.2, 0.25) is 5.91 Å². The van der Waals surface area contributed by atoms with Crippen LogP contribution in [0.5, 0.6) is 0 Å². The number of hydrogen-bond donors (Lipinski definition) is 1. The number of nitrogens with zero attached hydrogens (tertiary/aromatic N) is 2. The van der Waals surface area contributed by atoms with Crippen LogP contribution in [0.15, 0.2) is 15.0 Å². The quantitative estimate of drug-likeness (QED) is 0.844. The number of carbonyl (C=O) groups excluding carboxylic acids is 1. The second-order valence-corrected chi connectivity index (χ2v) is 5.54. The first-order valence-corrected chi connectivity index (χ1v) is 6.46. The van der Waals surface area contributed by atoms with Crippen LogP contribution in [0.3, 0.4) is 0 Å². The van der Waals surface area contributed by atoms with Gasteiger partial charge in [0.05, 0.1) is 10.2 Å². The Morgan fingerprint density at radius 1 is 1.50 bits per heavy atom. The molecule has 0 saturated carbocycles. The van der Waals surface area contributed by atoms with E-state index in [1.165, 1.54) is 0 Å². The van der Waals surface area contributed by atoms with E-state index < -0.39 is 0 Å². The second kappa shape index (κ2) is 4.43. The fourth-order valence-corrected chi connectivity index (χ4v) is 2.83. The van der Waals surface area contributed by atoms with Gasteiger partial charge in [0.15, 0.2) is 0 Å². The van der Waals surface area contributed by atoms with E-state index in [0.717, 1.165) is 14.6 Å². The first-order valence-electron chi connectivity index (χ1n) is 4.87. The van der Waals surface area contributed by atoms with Crippen molar-refractivity contribution < 1.29 is 4.79 Å². The summed E-state index contributed by atoms with van der Waals surface area (Å²) in [5.41, 5.74) is 6.61. The predicted molar refractivity (Wildman–Crippen MR) is 69.3 cm³/mol. The van der Waals surface area contributed by atoms with Crippen molar-refractivity contribution in [2.45, 2.75) is 19.4 Å². The first kappa shape index (κ1) is 12.0. The Bertz CT molecular complexity index is 450. The molecule has 1 aromatic heterocycles. The van der Waals surface area contributed by atoms with Crippen LogP contribution in [0.4, 0.5) is 5.82 Å². The van der Waals surface area contributed by atoms with Crippen LogP contribution < -0.4 is 10.6 Å². The van der Waals surface area contributed by atoms with Gasteiger partial charge in [0, 0.05) is 23.5 Å². The molecule has 1 saturated heterocycles. The van der Waals surface area contributed by atoms with Crippen molar-refractivity contribution in [3.05, 3.63) is 20.7 Å². The number of nitrogens with two attached hydrogens (primary N) is 1. The summed E-state index contributed by atoms with van der Waals surface area (Å²) in [4.78, 5) is 17.7. The molecule has 2 heterocycles. The van der Waals surface area contributed by atoms with Crippen LogP contribution in [0, 0.1) is 6.92 Å². The zero-order valence-corrected chi connectivity index (χ0v) is 11.9. The molecule has 16 heavy (non-hydrogen) atoms. The summed E-state index contributed by atoms with van der Waals surface area (Å²) >= 11 is 6.81. The van der Waals surface area contributed by atoms with Crippen molar-refractivity contribution in [2.75, 3.05) is 11.4 Å². The molecule has 0 bridgehead atoms. The predicted octanol–water partition coefficient (Wildman–Crippen LogP) is 1.98. The van der Waals surface area contributed by atoms with Gasteiger partial charge in [-0.1, -0.05) is 0 Å². The molecule has 1 amide bonds. The molecule has 86 valence electrons. The summed E-state index contributed by atoms with van der Waals surface area (Å²) in [6.45, 7) is 2.42. The molecule has 1 aliphatic heterocycles. The van der Waals surface area contributed by atoms with Gasteiger partial charge < -0.3 is 5.73 Å². The lowest BCUT2D eigenvalue weighted by atomic mass is 10.3. The first-order chi connectivity index (χ1) is 7.49. The van der Waals surface area contributed by atoms with Gasteiger partial charge in [-0.05, 0) is 44.8 Å². The standard InChI is InChI=1S/C10H11Br2N3O/c1-5-7(11)3-8(12)10(14-5)15-4-6(13)2-9(15)16/h3,6H,2,4,13H2,1H3. The van der Waals surface area contributed by atoms with Gasteiger partial charge in [-0.25, -0.2) is 4.98 Å². The Kier molecular flexibility index (Phi) is 3.32. The third-order valence-electron chi connectivity index (χ3n) is 2.50. The van der Waals surface area contributed by atoms with Crippen LogP contribution in [0.25, 0.3) is 0 Å². The van der Waals surface area contributed by atoms with Gasteiger partial charge in [-0.3, -0.25) is 9.69 Å². The van der Waals surface area contributed by atoms with E-state index in [1.807, 2.05) is 13.0 Å². The van der Waals surface area contributed by atoms with Gasteiger partial charge in [-0.2, -0.15) is 0 Å². The van der Waals surface area contributed by atoms with Crippen LogP contribution in [-0.4, -0.2) is 23.5 Å². The van der Waals surface area contributed by atoms with Gasteiger partial charge in [0.25, 0.3) is 0 Å². The van der Waals surface area contributed by atoms with Crippen molar-refractivity contribution in [3.8, 4) is 0 Å². The molecule has 1 fully saturated rings. The van der Waals surface area contributed by atoms with Crippen LogP contribution in [0.1, 0.15) is 12.1 Å². The average Bonchev–Trinajstić information content (AvgIpc) is 2.51. The number of aromatic nitrogens is 1. The van der Waals surface area contributed by atoms with E-state index in [-0.39, 0.29) is 11.9 Å². The molecule has 0 spiro atoms. The SMILES string of the molecule is Cc1nc(N2CC(N)CC2=O)c(Br)cc1Br. The van der Waals surface area contributed by atoms with Crippen molar-refractivity contribution >= 4 is 43.6 Å². The number of carbonyl (C=O) groups is 1. The summed E-state index contributed by atoms with van der Waals surface area (Å²) in [6.07, 6.45) is 0.392. The highest BCUT2D eigenvalue weighted by atomic mass is 79.9. The molecule has 0 radical (unpaired) electrons. The molecule has 1 unspecified atom stereocenters. The number of rotatable bonds is 1. The van der Waals surface area contributed by atoms with E-state index in [4.69, 9.17) is 5.73 Å². The van der Waals surface area contributed by atoms with E-state index in [9.17, 15) is 4.79 Å². The number of hydrogen-bond acceptors (Lipinski definition) is 3. The van der Waals surface area contributed by atoms with Gasteiger partial charge in [-0.15, -0.1) is 0 Å². The lowest BCUT2D eigenvalue weighted by Gasteiger charge is -2.17. The summed E-state index contributed by atoms with van der Waals surface area (Å²) in [7, 11) is 0. The summed E-state index contributed by atoms with van der Waals surface area (Å²) < 4.78 is 1.71. The molecular formula is C10H11Br2N3O. The van der Waals surface area contributed by atoms with Crippen LogP contribution in [-0.2, 0) is 4.79 Å². The Balaban J connectivity index is 2.41. The Morgan fingerprint density at radius 3 is 2.75 bits per heavy atom. The minimum atomic E-state index is -0.0925. The molecular weight excluding hydrogens is 338 g/mol. The maximum atomic E-state index is 11.7. The topological polar surface area (TPSA) is 59.2 Å². The third-order valence-corrected chi connectivity index (χ3v) is 3.88. The second-order valence-electron chi connectivity index (χ2n) is 3.83. The Hall–Kier alpha value is -0.460. The van der Waals surface area contributed by atoms with Crippen molar-refractivity contribution in [1.82, 2.24) is 4.98 Å². The molecule has 1 aromatic rings. The normalized spacial score (nSPS) is 20.6. The number of aryl methyl sites for hydroxylation is 1. The fourth-order valence-electron chi connectivity index (χ4n) is 1.68. The largest absolute Gasteiger partial charge is 0.326 e. The third kappa shape index (κ3) is 2.14. The fraction of sp³-hybridized carbons (Fsp3) is 0.400. The number of anilines is 1. The van der Waals surface area contributed by atoms with Gasteiger partial charge >= 0.3 is 0 Å². The maximum Gasteiger partial charge on any atom is 0.229 e. The van der Waals surface area contributed by atoms with E-state index >= 15 is 0 Å². The monoisotopic (exact) mass is 347 g/mol. The van der Waals surface area contributed by atoms with Crippen LogP contribution in [0.2, 0.25) is 0 Å². The molecule has 0 aromatic carbocycles. The highest BCUT2D eigenvalue weighted by Crippen LogP contribution is 2.31. The minimum absolute atomic E-state index is 0.0300. The summed E-state index contributed by atoms with van der Waals surface area (Å²) in [5, 5.41) is 0. The molecule has 6 heteroatoms. The number of pyridine rings is 1. The van der Waals surface area contributed by atoms with E-state index in [0.29, 0.717) is 18.8 Å². The molecule has 0 aliphatic carbocycles. The molecule has 2 N–H and O–H groups in total. The summed E-state index contributed by atoms with van der Waals surface area (Å²) in [5.74, 6) is 0.682. The zero-order chi connectivity index (χ0) is 11.9.